The molecule has 2 rings (SSSR count). The van der Waals surface area contributed by atoms with Gasteiger partial charge in [-0.2, -0.15) is 5.10 Å². The molecule has 0 saturated heterocycles. The Bertz CT molecular complexity index is 516. The van der Waals surface area contributed by atoms with Gasteiger partial charge in [0.25, 0.3) is 0 Å². The first kappa shape index (κ1) is 12.8. The van der Waals surface area contributed by atoms with Gasteiger partial charge >= 0.3 is 0 Å². The highest BCUT2D eigenvalue weighted by Crippen LogP contribution is 2.25. The number of hydrogen-bond donors (Lipinski definition) is 0. The molecule has 0 radical (unpaired) electrons. The van der Waals surface area contributed by atoms with E-state index in [-0.39, 0.29) is 6.04 Å². The smallest absolute Gasteiger partial charge is 0.148 e. The lowest BCUT2D eigenvalue weighted by molar-refractivity contribution is 0.318. The van der Waals surface area contributed by atoms with Crippen LogP contribution in [-0.4, -0.2) is 33.8 Å². The van der Waals surface area contributed by atoms with Gasteiger partial charge in [0, 0.05) is 6.54 Å². The Morgan fingerprint density at radius 2 is 2.11 bits per heavy atom. The Morgan fingerprint density at radius 1 is 1.33 bits per heavy atom. The molecule has 1 atom stereocenters. The van der Waals surface area contributed by atoms with Crippen LogP contribution in [0.5, 0.6) is 0 Å². The van der Waals surface area contributed by atoms with Gasteiger partial charge in [0.15, 0.2) is 0 Å². The van der Waals surface area contributed by atoms with E-state index < -0.39 is 0 Å². The van der Waals surface area contributed by atoms with Gasteiger partial charge < -0.3 is 0 Å². The van der Waals surface area contributed by atoms with Crippen molar-refractivity contribution >= 4 is 0 Å². The maximum absolute atomic E-state index is 4.42. The zero-order valence-corrected chi connectivity index (χ0v) is 11.5. The van der Waals surface area contributed by atoms with Crippen LogP contribution in [0.2, 0.25) is 0 Å². The molecular weight excluding hydrogens is 224 g/mol. The number of rotatable bonds is 4. The Balaban J connectivity index is 2.47. The van der Waals surface area contributed by atoms with Gasteiger partial charge in [0.1, 0.15) is 12.2 Å². The summed E-state index contributed by atoms with van der Waals surface area (Å²) in [5.74, 6) is 0.994. The van der Waals surface area contributed by atoms with Crippen LogP contribution in [-0.2, 0) is 6.54 Å². The topological polar surface area (TPSA) is 34.0 Å². The van der Waals surface area contributed by atoms with Gasteiger partial charge in [-0.05, 0) is 33.5 Å². The van der Waals surface area contributed by atoms with E-state index >= 15 is 0 Å². The molecule has 0 aliphatic heterocycles. The maximum Gasteiger partial charge on any atom is 0.148 e. The molecule has 0 amide bonds. The van der Waals surface area contributed by atoms with Crippen LogP contribution in [0.3, 0.4) is 0 Å². The van der Waals surface area contributed by atoms with E-state index in [4.69, 9.17) is 0 Å². The highest BCUT2D eigenvalue weighted by atomic mass is 15.3. The third-order valence-corrected chi connectivity index (χ3v) is 3.06. The van der Waals surface area contributed by atoms with Crippen molar-refractivity contribution in [2.24, 2.45) is 0 Å². The summed E-state index contributed by atoms with van der Waals surface area (Å²) in [6.07, 6.45) is 1.63. The second-order valence-corrected chi connectivity index (χ2v) is 4.71. The third-order valence-electron chi connectivity index (χ3n) is 3.06. The molecule has 1 aromatic heterocycles. The Kier molecular flexibility index (Phi) is 3.77. The molecular formula is C14H20N4. The van der Waals surface area contributed by atoms with Gasteiger partial charge in [0.05, 0.1) is 6.04 Å². The van der Waals surface area contributed by atoms with Crippen LogP contribution in [0.4, 0.5) is 0 Å². The first-order valence-electron chi connectivity index (χ1n) is 6.24. The van der Waals surface area contributed by atoms with Gasteiger partial charge in [-0.3, -0.25) is 4.90 Å². The van der Waals surface area contributed by atoms with Crippen LogP contribution < -0.4 is 0 Å². The van der Waals surface area contributed by atoms with Crippen LogP contribution in [0.25, 0.3) is 0 Å². The van der Waals surface area contributed by atoms with E-state index in [0.717, 1.165) is 12.4 Å². The quantitative estimate of drug-likeness (QED) is 0.827. The summed E-state index contributed by atoms with van der Waals surface area (Å²) in [6.45, 7) is 5.04. The van der Waals surface area contributed by atoms with Crippen molar-refractivity contribution in [2.75, 3.05) is 14.1 Å². The molecule has 0 aliphatic rings. The highest BCUT2D eigenvalue weighted by molar-refractivity contribution is 5.29. The lowest BCUT2D eigenvalue weighted by atomic mass is 10.0. The van der Waals surface area contributed by atoms with Crippen molar-refractivity contribution in [3.63, 3.8) is 0 Å². The van der Waals surface area contributed by atoms with Crippen molar-refractivity contribution in [3.8, 4) is 0 Å². The normalized spacial score (nSPS) is 12.9. The van der Waals surface area contributed by atoms with E-state index in [1.807, 2.05) is 4.68 Å². The minimum Gasteiger partial charge on any atom is -0.296 e. The van der Waals surface area contributed by atoms with E-state index in [1.54, 1.807) is 6.33 Å². The molecule has 0 fully saturated rings. The molecule has 0 N–H and O–H groups in total. The Morgan fingerprint density at radius 3 is 2.72 bits per heavy atom. The predicted octanol–water partition coefficient (Wildman–Crippen LogP) is 2.26. The first-order chi connectivity index (χ1) is 8.63. The lowest BCUT2D eigenvalue weighted by Crippen LogP contribution is -2.25. The third kappa shape index (κ3) is 2.43. The van der Waals surface area contributed by atoms with Crippen LogP contribution in [0, 0.1) is 6.92 Å². The monoisotopic (exact) mass is 244 g/mol. The number of nitrogens with zero attached hydrogens (tertiary/aromatic N) is 4. The van der Waals surface area contributed by atoms with Crippen LogP contribution >= 0.6 is 0 Å². The van der Waals surface area contributed by atoms with E-state index in [0.29, 0.717) is 0 Å². The van der Waals surface area contributed by atoms with E-state index in [1.165, 1.54) is 11.1 Å². The zero-order chi connectivity index (χ0) is 13.1. The van der Waals surface area contributed by atoms with E-state index in [9.17, 15) is 0 Å². The summed E-state index contributed by atoms with van der Waals surface area (Å²) >= 11 is 0. The summed E-state index contributed by atoms with van der Waals surface area (Å²) in [5.41, 5.74) is 2.52. The molecule has 0 spiro atoms. The number of benzene rings is 1. The van der Waals surface area contributed by atoms with Crippen molar-refractivity contribution in [3.05, 3.63) is 47.5 Å². The molecule has 0 saturated carbocycles. The average Bonchev–Trinajstić information content (AvgIpc) is 2.77. The molecule has 1 aromatic carbocycles. The molecule has 96 valence electrons. The van der Waals surface area contributed by atoms with Crippen molar-refractivity contribution < 1.29 is 0 Å². The van der Waals surface area contributed by atoms with Crippen molar-refractivity contribution in [2.45, 2.75) is 26.4 Å². The molecule has 0 unspecified atom stereocenters. The summed E-state index contributed by atoms with van der Waals surface area (Å²) in [4.78, 5) is 6.60. The fourth-order valence-corrected chi connectivity index (χ4v) is 2.25. The zero-order valence-electron chi connectivity index (χ0n) is 11.5. The molecule has 18 heavy (non-hydrogen) atoms. The van der Waals surface area contributed by atoms with E-state index in [2.05, 4.69) is 67.2 Å². The maximum atomic E-state index is 4.42. The summed E-state index contributed by atoms with van der Waals surface area (Å²) < 4.78 is 1.95. The summed E-state index contributed by atoms with van der Waals surface area (Å²) in [5, 5.41) is 4.26. The second-order valence-electron chi connectivity index (χ2n) is 4.71. The first-order valence-corrected chi connectivity index (χ1v) is 6.24. The van der Waals surface area contributed by atoms with Crippen LogP contribution in [0.1, 0.15) is 29.9 Å². The van der Waals surface area contributed by atoms with Gasteiger partial charge in [0.2, 0.25) is 0 Å². The van der Waals surface area contributed by atoms with Crippen molar-refractivity contribution in [1.82, 2.24) is 19.7 Å². The number of hydrogen-bond acceptors (Lipinski definition) is 3. The predicted molar refractivity (Wildman–Crippen MR) is 72.4 cm³/mol. The summed E-state index contributed by atoms with van der Waals surface area (Å²) in [6, 6.07) is 8.70. The van der Waals surface area contributed by atoms with Gasteiger partial charge in [-0.25, -0.2) is 9.67 Å². The van der Waals surface area contributed by atoms with Gasteiger partial charge in [-0.15, -0.1) is 0 Å². The average molecular weight is 244 g/mol. The minimum atomic E-state index is 0.146. The summed E-state index contributed by atoms with van der Waals surface area (Å²) in [7, 11) is 4.14. The second kappa shape index (κ2) is 5.31. The van der Waals surface area contributed by atoms with Crippen molar-refractivity contribution in [1.29, 1.82) is 0 Å². The fraction of sp³-hybridized carbons (Fsp3) is 0.429. The molecule has 0 bridgehead atoms. The SMILES string of the molecule is CCn1ncnc1[C@H](c1cccc(C)c1)N(C)C. The Labute approximate surface area is 108 Å². The Hall–Kier alpha value is -1.68. The lowest BCUT2D eigenvalue weighted by Gasteiger charge is -2.24. The van der Waals surface area contributed by atoms with Gasteiger partial charge in [-0.1, -0.05) is 29.8 Å². The van der Waals surface area contributed by atoms with Crippen LogP contribution in [0.15, 0.2) is 30.6 Å². The largest absolute Gasteiger partial charge is 0.296 e. The minimum absolute atomic E-state index is 0.146. The molecule has 4 nitrogen and oxygen atoms in total. The number of aryl methyl sites for hydroxylation is 2. The molecule has 1 heterocycles. The molecule has 4 heteroatoms. The molecule has 0 aliphatic carbocycles. The fourth-order valence-electron chi connectivity index (χ4n) is 2.25. The standard InChI is InChI=1S/C14H20N4/c1-5-18-14(15-10-16-18)13(17(3)4)12-8-6-7-11(2)9-12/h6-10,13H,5H2,1-4H3/t13-/m0/s1. The molecule has 2 aromatic rings. The number of aromatic nitrogens is 3. The highest BCUT2D eigenvalue weighted by Gasteiger charge is 2.21.